The Kier molecular flexibility index (Phi) is 9.70. The zero-order valence-corrected chi connectivity index (χ0v) is 10.3. The molecular formula is C15H14N2O2. The fourth-order valence-electron chi connectivity index (χ4n) is 1.43. The van der Waals surface area contributed by atoms with E-state index in [2.05, 4.69) is 60.7 Å². The molecule has 0 atom stereocenters. The minimum Gasteiger partial charge on any atom is -0.443 e. The summed E-state index contributed by atoms with van der Waals surface area (Å²) in [7, 11) is 0. The van der Waals surface area contributed by atoms with E-state index in [4.69, 9.17) is 20.7 Å². The van der Waals surface area contributed by atoms with E-state index in [1.165, 1.54) is 11.1 Å². The van der Waals surface area contributed by atoms with Crippen LogP contribution in [-0.4, -0.2) is 10.2 Å². The Morgan fingerprint density at radius 2 is 0.947 bits per heavy atom. The topological polar surface area (TPSA) is 88.0 Å². The van der Waals surface area contributed by atoms with Crippen LogP contribution in [0.25, 0.3) is 0 Å². The fourth-order valence-corrected chi connectivity index (χ4v) is 1.43. The summed E-state index contributed by atoms with van der Waals surface area (Å²) in [6.07, 6.45) is 2.53. The lowest BCUT2D eigenvalue weighted by Crippen LogP contribution is -1.85. The van der Waals surface area contributed by atoms with Crippen LogP contribution in [0.15, 0.2) is 60.7 Å². The first kappa shape index (κ1) is 16.0. The summed E-state index contributed by atoms with van der Waals surface area (Å²) in [5.41, 5.74) is 2.74. The van der Waals surface area contributed by atoms with E-state index in [0.717, 1.165) is 18.9 Å². The maximum Gasteiger partial charge on any atom is 0.283 e. The van der Waals surface area contributed by atoms with Crippen molar-refractivity contribution in [3.63, 3.8) is 0 Å². The van der Waals surface area contributed by atoms with Crippen molar-refractivity contribution in [3.05, 3.63) is 71.8 Å². The second-order valence-corrected chi connectivity index (χ2v) is 3.35. The third kappa shape index (κ3) is 8.79. The Morgan fingerprint density at radius 3 is 1.21 bits per heavy atom. The molecule has 2 aromatic carbocycles. The van der Waals surface area contributed by atoms with Crippen LogP contribution in [0.1, 0.15) is 11.1 Å². The quantitative estimate of drug-likeness (QED) is 0.806. The Morgan fingerprint density at radius 1 is 0.684 bits per heavy atom. The van der Waals surface area contributed by atoms with E-state index in [0.29, 0.717) is 0 Å². The molecule has 2 N–H and O–H groups in total. The van der Waals surface area contributed by atoms with Crippen molar-refractivity contribution in [2.45, 2.75) is 6.42 Å². The minimum atomic E-state index is 0.750. The zero-order valence-electron chi connectivity index (χ0n) is 10.3. The summed E-state index contributed by atoms with van der Waals surface area (Å²) in [6, 6.07) is 21.1. The molecule has 0 fully saturated rings. The Bertz CT molecular complexity index is 464. The summed E-state index contributed by atoms with van der Waals surface area (Å²) in [5.74, 6) is 0. The number of hydrogen-bond acceptors (Lipinski definition) is 4. The summed E-state index contributed by atoms with van der Waals surface area (Å²) in [4.78, 5) is 0. The highest BCUT2D eigenvalue weighted by Crippen LogP contribution is 2.07. The molecule has 0 spiro atoms. The van der Waals surface area contributed by atoms with Crippen molar-refractivity contribution in [3.8, 4) is 12.5 Å². The van der Waals surface area contributed by atoms with Crippen molar-refractivity contribution in [1.29, 1.82) is 10.5 Å². The highest BCUT2D eigenvalue weighted by atomic mass is 16.2. The van der Waals surface area contributed by atoms with Crippen LogP contribution < -0.4 is 0 Å². The molecule has 0 radical (unpaired) electrons. The number of benzene rings is 2. The van der Waals surface area contributed by atoms with Gasteiger partial charge in [0, 0.05) is 0 Å². The lowest BCUT2D eigenvalue weighted by Gasteiger charge is -2.00. The van der Waals surface area contributed by atoms with Gasteiger partial charge in [0.15, 0.2) is 0 Å². The second-order valence-electron chi connectivity index (χ2n) is 3.35. The lowest BCUT2D eigenvalue weighted by molar-refractivity contribution is 0.502. The predicted octanol–water partition coefficient (Wildman–Crippen LogP) is 2.96. The van der Waals surface area contributed by atoms with Gasteiger partial charge in [-0.25, -0.2) is 0 Å². The molecule has 4 nitrogen and oxygen atoms in total. The van der Waals surface area contributed by atoms with Crippen molar-refractivity contribution < 1.29 is 10.2 Å². The zero-order chi connectivity index (χ0) is 14.3. The molecule has 0 unspecified atom stereocenters. The smallest absolute Gasteiger partial charge is 0.283 e. The third-order valence-corrected chi connectivity index (χ3v) is 2.09. The van der Waals surface area contributed by atoms with Crippen LogP contribution in [0.3, 0.4) is 0 Å². The van der Waals surface area contributed by atoms with Gasteiger partial charge in [-0.15, -0.1) is 0 Å². The van der Waals surface area contributed by atoms with Crippen LogP contribution in [0.2, 0.25) is 0 Å². The van der Waals surface area contributed by atoms with Gasteiger partial charge in [0.05, 0.1) is 0 Å². The van der Waals surface area contributed by atoms with Gasteiger partial charge in [-0.05, 0) is 17.5 Å². The van der Waals surface area contributed by atoms with E-state index in [-0.39, 0.29) is 0 Å². The summed E-state index contributed by atoms with van der Waals surface area (Å²) in [5, 5.41) is 27.5. The number of aliphatic hydroxyl groups is 2. The number of hydrogen-bond donors (Lipinski definition) is 2. The summed E-state index contributed by atoms with van der Waals surface area (Å²) in [6.45, 7) is 0. The monoisotopic (exact) mass is 254 g/mol. The van der Waals surface area contributed by atoms with E-state index >= 15 is 0 Å². The molecule has 0 saturated heterocycles. The van der Waals surface area contributed by atoms with Gasteiger partial charge in [0.1, 0.15) is 0 Å². The molecular weight excluding hydrogens is 240 g/mol. The van der Waals surface area contributed by atoms with Gasteiger partial charge in [-0.3, -0.25) is 0 Å². The van der Waals surface area contributed by atoms with E-state index in [1.807, 2.05) is 0 Å². The van der Waals surface area contributed by atoms with Gasteiger partial charge in [0.25, 0.3) is 12.5 Å². The standard InChI is InChI=1S/C13H12.2CHNO/c1-3-7-12(8-4-1)11-13-9-5-2-6-10-13;2*2-1-3/h1-10H,11H2;2*3H. The fraction of sp³-hybridized carbons (Fsp3) is 0.0667. The van der Waals surface area contributed by atoms with Gasteiger partial charge in [0.2, 0.25) is 0 Å². The van der Waals surface area contributed by atoms with Gasteiger partial charge in [-0.2, -0.15) is 10.5 Å². The van der Waals surface area contributed by atoms with Crippen molar-refractivity contribution >= 4 is 0 Å². The Labute approximate surface area is 112 Å². The first-order chi connectivity index (χ1) is 9.28. The van der Waals surface area contributed by atoms with Crippen LogP contribution in [0.4, 0.5) is 0 Å². The SMILES string of the molecule is N#CO.N#CO.c1ccc(Cc2ccccc2)cc1. The van der Waals surface area contributed by atoms with Crippen LogP contribution in [-0.2, 0) is 6.42 Å². The van der Waals surface area contributed by atoms with Gasteiger partial charge >= 0.3 is 0 Å². The summed E-state index contributed by atoms with van der Waals surface area (Å²) >= 11 is 0. The molecule has 0 aliphatic heterocycles. The van der Waals surface area contributed by atoms with Crippen molar-refractivity contribution in [1.82, 2.24) is 0 Å². The molecule has 19 heavy (non-hydrogen) atoms. The Balaban J connectivity index is 0.000000465. The average molecular weight is 254 g/mol. The molecule has 0 saturated carbocycles. The van der Waals surface area contributed by atoms with Crippen molar-refractivity contribution in [2.75, 3.05) is 0 Å². The van der Waals surface area contributed by atoms with Gasteiger partial charge in [-0.1, -0.05) is 60.7 Å². The van der Waals surface area contributed by atoms with Crippen LogP contribution in [0.5, 0.6) is 0 Å². The third-order valence-electron chi connectivity index (χ3n) is 2.09. The highest BCUT2D eigenvalue weighted by Gasteiger charge is 1.92. The average Bonchev–Trinajstić information content (AvgIpc) is 2.43. The number of nitrogens with zero attached hydrogens (tertiary/aromatic N) is 2. The molecule has 0 aliphatic carbocycles. The van der Waals surface area contributed by atoms with Crippen LogP contribution in [0, 0.1) is 23.0 Å². The van der Waals surface area contributed by atoms with Crippen LogP contribution >= 0.6 is 0 Å². The maximum atomic E-state index is 6.88. The number of aliphatic hydroxyl groups excluding tert-OH is 2. The number of rotatable bonds is 2. The molecule has 96 valence electrons. The van der Waals surface area contributed by atoms with E-state index in [1.54, 1.807) is 0 Å². The molecule has 2 rings (SSSR count). The predicted molar refractivity (Wildman–Crippen MR) is 70.8 cm³/mol. The molecule has 0 heterocycles. The lowest BCUT2D eigenvalue weighted by atomic mass is 10.1. The molecule has 0 amide bonds. The first-order valence-corrected chi connectivity index (χ1v) is 5.42. The van der Waals surface area contributed by atoms with Gasteiger partial charge < -0.3 is 10.2 Å². The molecule has 0 bridgehead atoms. The number of nitriles is 2. The second kappa shape index (κ2) is 11.5. The molecule has 0 aliphatic rings. The minimum absolute atomic E-state index is 0.750. The molecule has 4 heteroatoms. The summed E-state index contributed by atoms with van der Waals surface area (Å²) < 4.78 is 0. The normalized spacial score (nSPS) is 7.47. The van der Waals surface area contributed by atoms with Crippen molar-refractivity contribution in [2.24, 2.45) is 0 Å². The Hall–Kier alpha value is -2.98. The van der Waals surface area contributed by atoms with E-state index in [9.17, 15) is 0 Å². The highest BCUT2D eigenvalue weighted by molar-refractivity contribution is 5.25. The maximum absolute atomic E-state index is 6.88. The first-order valence-electron chi connectivity index (χ1n) is 5.42. The van der Waals surface area contributed by atoms with E-state index < -0.39 is 0 Å². The largest absolute Gasteiger partial charge is 0.443 e. The molecule has 0 aromatic heterocycles. The molecule has 2 aromatic rings.